The van der Waals surface area contributed by atoms with Crippen molar-refractivity contribution in [3.63, 3.8) is 0 Å². The molecule has 1 aliphatic heterocycles. The van der Waals surface area contributed by atoms with Crippen molar-refractivity contribution in [1.29, 1.82) is 0 Å². The first kappa shape index (κ1) is 19.2. The molecule has 5 amide bonds. The first-order valence-corrected chi connectivity index (χ1v) is 9.85. The van der Waals surface area contributed by atoms with Crippen LogP contribution in [0.3, 0.4) is 0 Å². The Bertz CT molecular complexity index is 732. The molecule has 0 spiro atoms. The standard InChI is InChI=1S/C18H22N4O4S/c1-11(12-4-6-14(7-5-12)21-16(24)13-2-3-13)20-17(25)19-8-9-22-15(23)10-27-18(22)26/h4-7,11,13H,2-3,8-10H2,1H3,(H,21,24)(H2,19,20,25)/t11-/m1/s1. The molecule has 3 N–H and O–H groups in total. The summed E-state index contributed by atoms with van der Waals surface area (Å²) in [6.07, 6.45) is 1.91. The second kappa shape index (κ2) is 8.43. The summed E-state index contributed by atoms with van der Waals surface area (Å²) in [6, 6.07) is 6.73. The van der Waals surface area contributed by atoms with Gasteiger partial charge in [-0.1, -0.05) is 23.9 Å². The molecule has 2 fully saturated rings. The Morgan fingerprint density at radius 1 is 1.22 bits per heavy atom. The number of hydrogen-bond acceptors (Lipinski definition) is 5. The third kappa shape index (κ3) is 5.22. The maximum absolute atomic E-state index is 12.0. The van der Waals surface area contributed by atoms with Gasteiger partial charge in [0, 0.05) is 24.7 Å². The molecule has 8 nitrogen and oxygen atoms in total. The van der Waals surface area contributed by atoms with E-state index in [1.807, 2.05) is 31.2 Å². The van der Waals surface area contributed by atoms with E-state index in [2.05, 4.69) is 16.0 Å². The van der Waals surface area contributed by atoms with E-state index in [9.17, 15) is 19.2 Å². The highest BCUT2D eigenvalue weighted by atomic mass is 32.2. The van der Waals surface area contributed by atoms with Crippen LogP contribution in [-0.2, 0) is 9.59 Å². The molecule has 3 rings (SSSR count). The third-order valence-electron chi connectivity index (χ3n) is 4.44. The molecule has 27 heavy (non-hydrogen) atoms. The maximum Gasteiger partial charge on any atom is 0.315 e. The fraction of sp³-hybridized carbons (Fsp3) is 0.444. The minimum Gasteiger partial charge on any atom is -0.336 e. The molecule has 9 heteroatoms. The van der Waals surface area contributed by atoms with Gasteiger partial charge in [-0.05, 0) is 37.5 Å². The number of rotatable bonds is 7. The van der Waals surface area contributed by atoms with Crippen molar-refractivity contribution in [3.05, 3.63) is 29.8 Å². The van der Waals surface area contributed by atoms with Crippen LogP contribution >= 0.6 is 11.8 Å². The summed E-state index contributed by atoms with van der Waals surface area (Å²) < 4.78 is 0. The fourth-order valence-corrected chi connectivity index (χ4v) is 3.41. The van der Waals surface area contributed by atoms with Gasteiger partial charge < -0.3 is 16.0 Å². The van der Waals surface area contributed by atoms with E-state index in [1.54, 1.807) is 0 Å². The van der Waals surface area contributed by atoms with Crippen LogP contribution in [0.5, 0.6) is 0 Å². The molecule has 144 valence electrons. The normalized spacial score (nSPS) is 17.6. The van der Waals surface area contributed by atoms with Gasteiger partial charge in [-0.25, -0.2) is 4.79 Å². The van der Waals surface area contributed by atoms with Crippen molar-refractivity contribution in [2.45, 2.75) is 25.8 Å². The Kier molecular flexibility index (Phi) is 6.00. The van der Waals surface area contributed by atoms with E-state index in [0.717, 1.165) is 40.8 Å². The van der Waals surface area contributed by atoms with Crippen LogP contribution in [0.1, 0.15) is 31.4 Å². The molecule has 0 unspecified atom stereocenters. The van der Waals surface area contributed by atoms with E-state index in [1.165, 1.54) is 0 Å². The molecule has 0 radical (unpaired) electrons. The van der Waals surface area contributed by atoms with Crippen LogP contribution in [0.4, 0.5) is 15.3 Å². The van der Waals surface area contributed by atoms with E-state index in [0.29, 0.717) is 0 Å². The maximum atomic E-state index is 12.0. The van der Waals surface area contributed by atoms with Gasteiger partial charge in [-0.3, -0.25) is 19.3 Å². The second-order valence-electron chi connectivity index (χ2n) is 6.61. The van der Waals surface area contributed by atoms with Crippen LogP contribution in [0.15, 0.2) is 24.3 Å². The lowest BCUT2D eigenvalue weighted by atomic mass is 10.1. The third-order valence-corrected chi connectivity index (χ3v) is 5.29. The van der Waals surface area contributed by atoms with Crippen LogP contribution < -0.4 is 16.0 Å². The Morgan fingerprint density at radius 3 is 2.52 bits per heavy atom. The number of nitrogens with zero attached hydrogens (tertiary/aromatic N) is 1. The van der Waals surface area contributed by atoms with Crippen molar-refractivity contribution >= 4 is 40.5 Å². The number of benzene rings is 1. The largest absolute Gasteiger partial charge is 0.336 e. The van der Waals surface area contributed by atoms with Crippen molar-refractivity contribution in [1.82, 2.24) is 15.5 Å². The highest BCUT2D eigenvalue weighted by Gasteiger charge is 2.30. The van der Waals surface area contributed by atoms with Crippen LogP contribution in [0.25, 0.3) is 0 Å². The number of carbonyl (C=O) groups excluding carboxylic acids is 4. The number of amides is 5. The fourth-order valence-electron chi connectivity index (χ4n) is 2.65. The lowest BCUT2D eigenvalue weighted by Gasteiger charge is -2.17. The lowest BCUT2D eigenvalue weighted by molar-refractivity contribution is -0.124. The number of imide groups is 1. The van der Waals surface area contributed by atoms with Gasteiger partial charge >= 0.3 is 6.03 Å². The summed E-state index contributed by atoms with van der Waals surface area (Å²) in [5.74, 6) is 0.147. The van der Waals surface area contributed by atoms with Crippen LogP contribution in [0, 0.1) is 5.92 Å². The van der Waals surface area contributed by atoms with E-state index in [-0.39, 0.29) is 53.9 Å². The number of urea groups is 1. The molecule has 1 heterocycles. The number of anilines is 1. The molecule has 1 atom stereocenters. The Hall–Kier alpha value is -2.55. The minimum atomic E-state index is -0.375. The summed E-state index contributed by atoms with van der Waals surface area (Å²) in [5, 5.41) is 8.05. The molecule has 1 saturated heterocycles. The van der Waals surface area contributed by atoms with Gasteiger partial charge in [-0.15, -0.1) is 0 Å². The summed E-state index contributed by atoms with van der Waals surface area (Å²) in [4.78, 5) is 47.8. The van der Waals surface area contributed by atoms with Crippen molar-refractivity contribution < 1.29 is 19.2 Å². The zero-order chi connectivity index (χ0) is 19.4. The van der Waals surface area contributed by atoms with Crippen molar-refractivity contribution in [2.75, 3.05) is 24.2 Å². The molecule has 1 aliphatic carbocycles. The minimum absolute atomic E-state index is 0.0571. The Morgan fingerprint density at radius 2 is 1.93 bits per heavy atom. The first-order chi connectivity index (χ1) is 12.9. The summed E-state index contributed by atoms with van der Waals surface area (Å²) in [6.45, 7) is 2.21. The van der Waals surface area contributed by atoms with Gasteiger partial charge in [0.25, 0.3) is 5.24 Å². The van der Waals surface area contributed by atoms with Gasteiger partial charge in [0.1, 0.15) is 0 Å². The van der Waals surface area contributed by atoms with Gasteiger partial charge in [0.2, 0.25) is 11.8 Å². The molecular weight excluding hydrogens is 368 g/mol. The first-order valence-electron chi connectivity index (χ1n) is 8.86. The molecule has 0 bridgehead atoms. The molecule has 0 aromatic heterocycles. The number of hydrogen-bond donors (Lipinski definition) is 3. The zero-order valence-corrected chi connectivity index (χ0v) is 15.8. The summed E-state index contributed by atoms with van der Waals surface area (Å²) in [7, 11) is 0. The van der Waals surface area contributed by atoms with E-state index < -0.39 is 0 Å². The average Bonchev–Trinajstić information content (AvgIpc) is 3.44. The predicted octanol–water partition coefficient (Wildman–Crippen LogP) is 2.09. The SMILES string of the molecule is C[C@@H](NC(=O)NCCN1C(=O)CSC1=O)c1ccc(NC(=O)C2CC2)cc1. The van der Waals surface area contributed by atoms with Crippen LogP contribution in [0.2, 0.25) is 0 Å². The van der Waals surface area contributed by atoms with Crippen molar-refractivity contribution in [3.8, 4) is 0 Å². The second-order valence-corrected chi connectivity index (χ2v) is 7.53. The highest BCUT2D eigenvalue weighted by Crippen LogP contribution is 2.30. The number of nitrogens with one attached hydrogen (secondary N) is 3. The van der Waals surface area contributed by atoms with Gasteiger partial charge in [0.05, 0.1) is 11.8 Å². The monoisotopic (exact) mass is 390 g/mol. The highest BCUT2D eigenvalue weighted by molar-refractivity contribution is 8.14. The molecule has 1 saturated carbocycles. The van der Waals surface area contributed by atoms with Crippen molar-refractivity contribution in [2.24, 2.45) is 5.92 Å². The Balaban J connectivity index is 1.41. The summed E-state index contributed by atoms with van der Waals surface area (Å²) in [5.41, 5.74) is 1.64. The van der Waals surface area contributed by atoms with E-state index >= 15 is 0 Å². The lowest BCUT2D eigenvalue weighted by Crippen LogP contribution is -2.42. The number of thioether (sulfide) groups is 1. The van der Waals surface area contributed by atoms with E-state index in [4.69, 9.17) is 0 Å². The molecular formula is C18H22N4O4S. The zero-order valence-electron chi connectivity index (χ0n) is 15.0. The quantitative estimate of drug-likeness (QED) is 0.661. The smallest absolute Gasteiger partial charge is 0.315 e. The van der Waals surface area contributed by atoms with Gasteiger partial charge in [-0.2, -0.15) is 0 Å². The number of carbonyl (C=O) groups is 4. The summed E-state index contributed by atoms with van der Waals surface area (Å²) >= 11 is 0.973. The topological polar surface area (TPSA) is 108 Å². The molecule has 1 aromatic carbocycles. The molecule has 2 aliphatic rings. The Labute approximate surface area is 161 Å². The average molecular weight is 390 g/mol. The van der Waals surface area contributed by atoms with Crippen LogP contribution in [-0.4, -0.2) is 46.8 Å². The molecule has 1 aromatic rings. The predicted molar refractivity (Wildman–Crippen MR) is 102 cm³/mol. The van der Waals surface area contributed by atoms with Gasteiger partial charge in [0.15, 0.2) is 0 Å².